The number of piperazine rings is 1. The second-order valence-corrected chi connectivity index (χ2v) is 6.23. The fourth-order valence-corrected chi connectivity index (χ4v) is 2.73. The van der Waals surface area contributed by atoms with Crippen LogP contribution in [0.5, 0.6) is 5.75 Å². The number of aromatic hydroxyl groups is 1. The minimum atomic E-state index is 0.183. The van der Waals surface area contributed by atoms with Gasteiger partial charge in [-0.05, 0) is 38.0 Å². The molecule has 1 heterocycles. The molecule has 3 nitrogen and oxygen atoms in total. The normalized spacial score (nSPS) is 23.4. The van der Waals surface area contributed by atoms with E-state index >= 15 is 0 Å². The van der Waals surface area contributed by atoms with Crippen molar-refractivity contribution in [3.63, 3.8) is 0 Å². The van der Waals surface area contributed by atoms with Crippen LogP contribution < -0.4 is 5.32 Å². The third kappa shape index (κ3) is 3.71. The molecule has 2 N–H and O–H groups in total. The number of hydrogen-bond acceptors (Lipinski definition) is 3. The lowest BCUT2D eigenvalue weighted by atomic mass is 9.95. The summed E-state index contributed by atoms with van der Waals surface area (Å²) in [5.41, 5.74) is 1.45. The van der Waals surface area contributed by atoms with Gasteiger partial charge in [-0.25, -0.2) is 0 Å². The number of phenolic OH excluding ortho intramolecular Hbond substituents is 1. The van der Waals surface area contributed by atoms with Crippen molar-refractivity contribution in [2.45, 2.75) is 51.7 Å². The van der Waals surface area contributed by atoms with E-state index in [-0.39, 0.29) is 5.54 Å². The molecule has 0 radical (unpaired) electrons. The average molecular weight is 262 g/mol. The first-order chi connectivity index (χ1) is 9.01. The third-order valence-corrected chi connectivity index (χ3v) is 4.07. The topological polar surface area (TPSA) is 35.5 Å². The smallest absolute Gasteiger partial charge is 0.115 e. The largest absolute Gasteiger partial charge is 0.508 e. The Morgan fingerprint density at radius 2 is 2.00 bits per heavy atom. The van der Waals surface area contributed by atoms with Gasteiger partial charge in [0.05, 0.1) is 0 Å². The number of benzene rings is 1. The van der Waals surface area contributed by atoms with Gasteiger partial charge in [0.1, 0.15) is 5.75 Å². The summed E-state index contributed by atoms with van der Waals surface area (Å²) in [6.45, 7) is 9.92. The van der Waals surface area contributed by atoms with E-state index in [1.165, 1.54) is 18.4 Å². The van der Waals surface area contributed by atoms with Gasteiger partial charge in [0, 0.05) is 31.2 Å². The van der Waals surface area contributed by atoms with Crippen molar-refractivity contribution >= 4 is 0 Å². The molecule has 0 aromatic heterocycles. The summed E-state index contributed by atoms with van der Waals surface area (Å²) in [5, 5.41) is 13.0. The second kappa shape index (κ2) is 5.93. The highest BCUT2D eigenvalue weighted by atomic mass is 16.3. The molecule has 1 saturated heterocycles. The van der Waals surface area contributed by atoms with E-state index in [0.717, 1.165) is 19.6 Å². The van der Waals surface area contributed by atoms with Crippen LogP contribution in [0.3, 0.4) is 0 Å². The summed E-state index contributed by atoms with van der Waals surface area (Å²) in [6, 6.07) is 8.18. The molecule has 0 saturated carbocycles. The summed E-state index contributed by atoms with van der Waals surface area (Å²) in [4.78, 5) is 2.55. The van der Waals surface area contributed by atoms with Gasteiger partial charge >= 0.3 is 0 Å². The molecule has 0 spiro atoms. The molecule has 1 aliphatic heterocycles. The van der Waals surface area contributed by atoms with Gasteiger partial charge in [-0.15, -0.1) is 0 Å². The maximum atomic E-state index is 9.35. The van der Waals surface area contributed by atoms with Gasteiger partial charge in [-0.3, -0.25) is 4.90 Å². The first-order valence-electron chi connectivity index (χ1n) is 7.27. The Balaban J connectivity index is 2.04. The van der Waals surface area contributed by atoms with Gasteiger partial charge < -0.3 is 10.4 Å². The van der Waals surface area contributed by atoms with Crippen LogP contribution in [-0.2, 0) is 6.54 Å². The Morgan fingerprint density at radius 3 is 2.63 bits per heavy atom. The lowest BCUT2D eigenvalue weighted by molar-refractivity contribution is 0.0564. The van der Waals surface area contributed by atoms with Crippen LogP contribution in [0.4, 0.5) is 0 Å². The van der Waals surface area contributed by atoms with E-state index < -0.39 is 0 Å². The van der Waals surface area contributed by atoms with Crippen LogP contribution in [0.1, 0.15) is 39.2 Å². The van der Waals surface area contributed by atoms with E-state index in [4.69, 9.17) is 0 Å². The van der Waals surface area contributed by atoms with Crippen LogP contribution in [-0.4, -0.2) is 34.7 Å². The summed E-state index contributed by atoms with van der Waals surface area (Å²) < 4.78 is 0. The van der Waals surface area contributed by atoms with Crippen molar-refractivity contribution in [3.8, 4) is 5.75 Å². The molecule has 106 valence electrons. The summed E-state index contributed by atoms with van der Waals surface area (Å²) in [6.07, 6.45) is 2.47. The Morgan fingerprint density at radius 1 is 1.32 bits per heavy atom. The standard InChI is InChI=1S/C16H26N2O/c1-4-5-14-11-18(16(2,3)12-17-14)10-13-6-8-15(19)9-7-13/h6-9,14,17,19H,4-5,10-12H2,1-3H3. The molecule has 0 amide bonds. The average Bonchev–Trinajstić information content (AvgIpc) is 2.37. The number of hydrogen-bond donors (Lipinski definition) is 2. The van der Waals surface area contributed by atoms with Gasteiger partial charge in [0.15, 0.2) is 0 Å². The Bertz CT molecular complexity index is 400. The second-order valence-electron chi connectivity index (χ2n) is 6.23. The van der Waals surface area contributed by atoms with Crippen molar-refractivity contribution in [1.82, 2.24) is 10.2 Å². The van der Waals surface area contributed by atoms with Gasteiger partial charge in [0.2, 0.25) is 0 Å². The molecule has 0 aliphatic carbocycles. The van der Waals surface area contributed by atoms with E-state index in [0.29, 0.717) is 11.8 Å². The number of rotatable bonds is 4. The minimum Gasteiger partial charge on any atom is -0.508 e. The maximum Gasteiger partial charge on any atom is 0.115 e. The Kier molecular flexibility index (Phi) is 4.48. The highest BCUT2D eigenvalue weighted by molar-refractivity contribution is 5.26. The van der Waals surface area contributed by atoms with Crippen molar-refractivity contribution in [2.75, 3.05) is 13.1 Å². The van der Waals surface area contributed by atoms with Crippen molar-refractivity contribution in [2.24, 2.45) is 0 Å². The van der Waals surface area contributed by atoms with E-state index in [2.05, 4.69) is 31.0 Å². The van der Waals surface area contributed by atoms with Crippen LogP contribution in [0, 0.1) is 0 Å². The number of nitrogens with one attached hydrogen (secondary N) is 1. The SMILES string of the molecule is CCCC1CN(Cc2ccc(O)cc2)C(C)(C)CN1. The lowest BCUT2D eigenvalue weighted by Crippen LogP contribution is -2.61. The Labute approximate surface area is 116 Å². The molecular formula is C16H26N2O. The zero-order valence-corrected chi connectivity index (χ0v) is 12.3. The summed E-state index contributed by atoms with van der Waals surface area (Å²) >= 11 is 0. The lowest BCUT2D eigenvalue weighted by Gasteiger charge is -2.46. The molecule has 1 aromatic carbocycles. The third-order valence-electron chi connectivity index (χ3n) is 4.07. The minimum absolute atomic E-state index is 0.183. The maximum absolute atomic E-state index is 9.35. The zero-order valence-electron chi connectivity index (χ0n) is 12.3. The number of phenols is 1. The van der Waals surface area contributed by atoms with Crippen LogP contribution in [0.15, 0.2) is 24.3 Å². The van der Waals surface area contributed by atoms with E-state index in [1.54, 1.807) is 12.1 Å². The number of nitrogens with zero attached hydrogens (tertiary/aromatic N) is 1. The van der Waals surface area contributed by atoms with Crippen molar-refractivity contribution in [3.05, 3.63) is 29.8 Å². The molecule has 1 aromatic rings. The molecule has 1 fully saturated rings. The van der Waals surface area contributed by atoms with E-state index in [1.807, 2.05) is 12.1 Å². The molecule has 3 heteroatoms. The van der Waals surface area contributed by atoms with Crippen molar-refractivity contribution < 1.29 is 5.11 Å². The molecule has 0 bridgehead atoms. The monoisotopic (exact) mass is 262 g/mol. The molecule has 19 heavy (non-hydrogen) atoms. The summed E-state index contributed by atoms with van der Waals surface area (Å²) in [7, 11) is 0. The molecule has 2 rings (SSSR count). The fraction of sp³-hybridized carbons (Fsp3) is 0.625. The molecule has 1 aliphatic rings. The predicted molar refractivity (Wildman–Crippen MR) is 79.3 cm³/mol. The fourth-order valence-electron chi connectivity index (χ4n) is 2.73. The Hall–Kier alpha value is -1.06. The zero-order chi connectivity index (χ0) is 13.9. The van der Waals surface area contributed by atoms with Crippen LogP contribution in [0.2, 0.25) is 0 Å². The van der Waals surface area contributed by atoms with Gasteiger partial charge in [0.25, 0.3) is 0 Å². The first kappa shape index (κ1) is 14.4. The molecule has 1 unspecified atom stereocenters. The summed E-state index contributed by atoms with van der Waals surface area (Å²) in [5.74, 6) is 0.340. The highest BCUT2D eigenvalue weighted by Crippen LogP contribution is 2.23. The molecular weight excluding hydrogens is 236 g/mol. The predicted octanol–water partition coefficient (Wildman–Crippen LogP) is 2.74. The van der Waals surface area contributed by atoms with Gasteiger partial charge in [-0.2, -0.15) is 0 Å². The quantitative estimate of drug-likeness (QED) is 0.876. The van der Waals surface area contributed by atoms with Gasteiger partial charge in [-0.1, -0.05) is 25.5 Å². The highest BCUT2D eigenvalue weighted by Gasteiger charge is 2.33. The van der Waals surface area contributed by atoms with Crippen LogP contribution >= 0.6 is 0 Å². The first-order valence-corrected chi connectivity index (χ1v) is 7.27. The van der Waals surface area contributed by atoms with Crippen molar-refractivity contribution in [1.29, 1.82) is 0 Å². The van der Waals surface area contributed by atoms with E-state index in [9.17, 15) is 5.11 Å². The van der Waals surface area contributed by atoms with Crippen LogP contribution in [0.25, 0.3) is 0 Å². The molecule has 1 atom stereocenters.